The van der Waals surface area contributed by atoms with E-state index in [9.17, 15) is 0 Å². The molecule has 3 rings (SSSR count). The Labute approximate surface area is 115 Å². The van der Waals surface area contributed by atoms with Crippen LogP contribution < -0.4 is 0 Å². The molecule has 19 heavy (non-hydrogen) atoms. The Hall–Kier alpha value is -0.900. The van der Waals surface area contributed by atoms with Crippen LogP contribution in [0.25, 0.3) is 0 Å². The van der Waals surface area contributed by atoms with Crippen molar-refractivity contribution < 1.29 is 4.74 Å². The highest BCUT2D eigenvalue weighted by Gasteiger charge is 2.40. The van der Waals surface area contributed by atoms with Crippen molar-refractivity contribution >= 4 is 0 Å². The third-order valence-electron chi connectivity index (χ3n) is 5.05. The van der Waals surface area contributed by atoms with Gasteiger partial charge in [-0.1, -0.05) is 26.2 Å². The van der Waals surface area contributed by atoms with E-state index < -0.39 is 0 Å². The number of aromatic nitrogens is 3. The van der Waals surface area contributed by atoms with E-state index in [1.54, 1.807) is 0 Å². The molecule has 1 aromatic rings. The van der Waals surface area contributed by atoms with Gasteiger partial charge in [-0.15, -0.1) is 0 Å². The molecule has 0 aromatic carbocycles. The summed E-state index contributed by atoms with van der Waals surface area (Å²) < 4.78 is 5.91. The molecule has 1 aliphatic carbocycles. The monoisotopic (exact) mass is 263 g/mol. The Kier molecular flexibility index (Phi) is 3.61. The molecule has 2 aliphatic rings. The topological polar surface area (TPSA) is 50.8 Å². The molecule has 0 spiro atoms. The maximum absolute atomic E-state index is 5.91. The summed E-state index contributed by atoms with van der Waals surface area (Å²) in [5.41, 5.74) is 0. The highest BCUT2D eigenvalue weighted by Crippen LogP contribution is 2.39. The second kappa shape index (κ2) is 5.23. The van der Waals surface area contributed by atoms with Crippen molar-refractivity contribution in [2.75, 3.05) is 0 Å². The minimum absolute atomic E-state index is 0.233. The van der Waals surface area contributed by atoms with Crippen molar-refractivity contribution in [2.24, 2.45) is 5.92 Å². The number of ether oxygens (including phenoxy) is 1. The van der Waals surface area contributed by atoms with Gasteiger partial charge in [-0.2, -0.15) is 5.10 Å². The minimum Gasteiger partial charge on any atom is -0.374 e. The standard InChI is InChI=1S/C15H25N3O/c1-9-10(2)19-11(3)13(9)15-16-14(17-18-15)12-7-5-4-6-8-12/h9-13H,4-8H2,1-3H3,(H,16,17,18). The average Bonchev–Trinajstić information content (AvgIpc) is 2.97. The fourth-order valence-electron chi connectivity index (χ4n) is 3.72. The maximum atomic E-state index is 5.91. The van der Waals surface area contributed by atoms with Crippen LogP contribution in [0.1, 0.15) is 76.4 Å². The van der Waals surface area contributed by atoms with Gasteiger partial charge in [0.05, 0.1) is 12.2 Å². The lowest BCUT2D eigenvalue weighted by atomic mass is 9.88. The Balaban J connectivity index is 1.77. The fourth-order valence-corrected chi connectivity index (χ4v) is 3.72. The van der Waals surface area contributed by atoms with Crippen LogP contribution >= 0.6 is 0 Å². The molecule has 2 fully saturated rings. The molecule has 1 aliphatic heterocycles. The zero-order valence-electron chi connectivity index (χ0n) is 12.2. The summed E-state index contributed by atoms with van der Waals surface area (Å²) in [5, 5.41) is 7.67. The first kappa shape index (κ1) is 13.1. The lowest BCUT2D eigenvalue weighted by molar-refractivity contribution is 0.0553. The summed E-state index contributed by atoms with van der Waals surface area (Å²) in [7, 11) is 0. The van der Waals surface area contributed by atoms with Crippen molar-refractivity contribution in [1.29, 1.82) is 0 Å². The number of aromatic amines is 1. The van der Waals surface area contributed by atoms with Crippen molar-refractivity contribution in [3.63, 3.8) is 0 Å². The average molecular weight is 263 g/mol. The second-order valence-corrected chi connectivity index (χ2v) is 6.35. The highest BCUT2D eigenvalue weighted by atomic mass is 16.5. The van der Waals surface area contributed by atoms with Crippen LogP contribution in [0.5, 0.6) is 0 Å². The summed E-state index contributed by atoms with van der Waals surface area (Å²) in [4.78, 5) is 4.80. The molecule has 1 saturated heterocycles. The number of rotatable bonds is 2. The third kappa shape index (κ3) is 2.42. The second-order valence-electron chi connectivity index (χ2n) is 6.35. The van der Waals surface area contributed by atoms with E-state index in [4.69, 9.17) is 9.72 Å². The summed E-state index contributed by atoms with van der Waals surface area (Å²) in [6, 6.07) is 0. The molecular formula is C15H25N3O. The molecule has 4 atom stereocenters. The molecule has 2 heterocycles. The van der Waals surface area contributed by atoms with Crippen LogP contribution in [-0.2, 0) is 4.74 Å². The van der Waals surface area contributed by atoms with Gasteiger partial charge >= 0.3 is 0 Å². The lowest BCUT2D eigenvalue weighted by Gasteiger charge is -2.18. The summed E-state index contributed by atoms with van der Waals surface area (Å²) in [5.74, 6) is 3.50. The summed E-state index contributed by atoms with van der Waals surface area (Å²) in [6.07, 6.45) is 7.06. The van der Waals surface area contributed by atoms with Crippen LogP contribution in [0, 0.1) is 5.92 Å². The van der Waals surface area contributed by atoms with Gasteiger partial charge in [0, 0.05) is 11.8 Å². The minimum atomic E-state index is 0.233. The molecule has 106 valence electrons. The number of nitrogens with zero attached hydrogens (tertiary/aromatic N) is 2. The van der Waals surface area contributed by atoms with Crippen LogP contribution in [0.4, 0.5) is 0 Å². The van der Waals surface area contributed by atoms with Crippen LogP contribution in [0.2, 0.25) is 0 Å². The van der Waals surface area contributed by atoms with E-state index in [2.05, 4.69) is 31.0 Å². The van der Waals surface area contributed by atoms with Gasteiger partial charge in [0.1, 0.15) is 5.82 Å². The van der Waals surface area contributed by atoms with Gasteiger partial charge in [-0.05, 0) is 32.6 Å². The van der Waals surface area contributed by atoms with E-state index >= 15 is 0 Å². The summed E-state index contributed by atoms with van der Waals surface area (Å²) in [6.45, 7) is 6.55. The smallest absolute Gasteiger partial charge is 0.153 e. The first-order valence-electron chi connectivity index (χ1n) is 7.74. The van der Waals surface area contributed by atoms with E-state index in [0.29, 0.717) is 23.9 Å². The molecule has 4 nitrogen and oxygen atoms in total. The van der Waals surface area contributed by atoms with Gasteiger partial charge in [0.25, 0.3) is 0 Å². The number of hydrogen-bond acceptors (Lipinski definition) is 3. The molecule has 1 aromatic heterocycles. The van der Waals surface area contributed by atoms with Crippen molar-refractivity contribution in [2.45, 2.75) is 76.9 Å². The quantitative estimate of drug-likeness (QED) is 0.890. The van der Waals surface area contributed by atoms with E-state index in [1.165, 1.54) is 32.1 Å². The Morgan fingerprint density at radius 3 is 2.42 bits per heavy atom. The normalized spacial score (nSPS) is 36.8. The molecule has 1 saturated carbocycles. The number of nitrogens with one attached hydrogen (secondary N) is 1. The lowest BCUT2D eigenvalue weighted by Crippen LogP contribution is -2.16. The van der Waals surface area contributed by atoms with Crippen LogP contribution in [-0.4, -0.2) is 27.4 Å². The number of H-pyrrole nitrogens is 1. The Morgan fingerprint density at radius 1 is 1.05 bits per heavy atom. The molecule has 0 radical (unpaired) electrons. The predicted molar refractivity (Wildman–Crippen MR) is 74.1 cm³/mol. The Bertz CT molecular complexity index is 425. The maximum Gasteiger partial charge on any atom is 0.153 e. The van der Waals surface area contributed by atoms with E-state index in [1.807, 2.05) is 0 Å². The molecule has 4 unspecified atom stereocenters. The molecule has 0 bridgehead atoms. The largest absolute Gasteiger partial charge is 0.374 e. The van der Waals surface area contributed by atoms with Gasteiger partial charge in [0.2, 0.25) is 0 Å². The van der Waals surface area contributed by atoms with Crippen molar-refractivity contribution in [3.8, 4) is 0 Å². The fraction of sp³-hybridized carbons (Fsp3) is 0.867. The SMILES string of the molecule is CC1OC(C)C(c2nc(C3CCCCC3)n[nH]2)C1C. The predicted octanol–water partition coefficient (Wildman–Crippen LogP) is 3.38. The summed E-state index contributed by atoms with van der Waals surface area (Å²) >= 11 is 0. The van der Waals surface area contributed by atoms with Crippen LogP contribution in [0.15, 0.2) is 0 Å². The highest BCUT2D eigenvalue weighted by molar-refractivity contribution is 5.08. The van der Waals surface area contributed by atoms with Gasteiger partial charge < -0.3 is 4.74 Å². The third-order valence-corrected chi connectivity index (χ3v) is 5.05. The van der Waals surface area contributed by atoms with Gasteiger partial charge in [-0.25, -0.2) is 4.98 Å². The molecule has 1 N–H and O–H groups in total. The van der Waals surface area contributed by atoms with E-state index in [-0.39, 0.29) is 6.10 Å². The zero-order valence-corrected chi connectivity index (χ0v) is 12.2. The zero-order chi connectivity index (χ0) is 13.4. The van der Waals surface area contributed by atoms with Gasteiger partial charge in [-0.3, -0.25) is 5.10 Å². The molecule has 4 heteroatoms. The van der Waals surface area contributed by atoms with Crippen LogP contribution in [0.3, 0.4) is 0 Å². The first-order valence-corrected chi connectivity index (χ1v) is 7.74. The van der Waals surface area contributed by atoms with Gasteiger partial charge in [0.15, 0.2) is 5.82 Å². The van der Waals surface area contributed by atoms with Crippen molar-refractivity contribution in [1.82, 2.24) is 15.2 Å². The van der Waals surface area contributed by atoms with Crippen molar-refractivity contribution in [3.05, 3.63) is 11.6 Å². The Morgan fingerprint density at radius 2 is 1.79 bits per heavy atom. The molecular weight excluding hydrogens is 238 g/mol. The number of hydrogen-bond donors (Lipinski definition) is 1. The van der Waals surface area contributed by atoms with E-state index in [0.717, 1.165) is 11.6 Å². The molecule has 0 amide bonds. The first-order chi connectivity index (χ1) is 9.16.